The van der Waals surface area contributed by atoms with E-state index in [9.17, 15) is 14.9 Å². The van der Waals surface area contributed by atoms with E-state index in [1.54, 1.807) is 61.9 Å². The van der Waals surface area contributed by atoms with Gasteiger partial charge in [0.25, 0.3) is 11.6 Å². The van der Waals surface area contributed by atoms with Crippen LogP contribution < -0.4 is 14.4 Å². The molecule has 2 aromatic carbocycles. The van der Waals surface area contributed by atoms with Gasteiger partial charge in [-0.2, -0.15) is 0 Å². The molecule has 0 saturated heterocycles. The summed E-state index contributed by atoms with van der Waals surface area (Å²) in [6.45, 7) is 0.274. The van der Waals surface area contributed by atoms with Crippen LogP contribution in [0.15, 0.2) is 67.0 Å². The zero-order valence-corrected chi connectivity index (χ0v) is 19.2. The van der Waals surface area contributed by atoms with Crippen molar-refractivity contribution in [1.82, 2.24) is 9.97 Å². The Hall–Kier alpha value is -4.31. The zero-order chi connectivity index (χ0) is 24.1. The molecule has 4 aromatic rings. The van der Waals surface area contributed by atoms with Gasteiger partial charge in [-0.25, -0.2) is 4.98 Å². The number of aromatic nitrogens is 2. The highest BCUT2D eigenvalue weighted by molar-refractivity contribution is 7.22. The van der Waals surface area contributed by atoms with Gasteiger partial charge in [0.1, 0.15) is 21.7 Å². The number of carbonyl (C=O) groups excluding carboxylic acids is 1. The minimum atomic E-state index is -0.467. The molecule has 0 spiro atoms. The molecule has 0 fully saturated rings. The molecule has 0 aliphatic carbocycles. The van der Waals surface area contributed by atoms with Gasteiger partial charge in [0.2, 0.25) is 0 Å². The number of nitro benzene ring substituents is 1. The number of methoxy groups -OCH3 is 2. The molecule has 0 radical (unpaired) electrons. The van der Waals surface area contributed by atoms with E-state index in [-0.39, 0.29) is 18.1 Å². The molecular formula is C24H20N4O5S. The fourth-order valence-corrected chi connectivity index (χ4v) is 4.34. The Labute approximate surface area is 199 Å². The first-order chi connectivity index (χ1) is 16.5. The fourth-order valence-electron chi connectivity index (χ4n) is 3.26. The number of hydrogen-bond acceptors (Lipinski definition) is 8. The van der Waals surface area contributed by atoms with Crippen LogP contribution in [-0.4, -0.2) is 35.0 Å². The number of hydrogen-bond donors (Lipinski definition) is 0. The summed E-state index contributed by atoms with van der Waals surface area (Å²) in [6.07, 6.45) is 6.35. The number of ether oxygens (including phenoxy) is 2. The molecular weight excluding hydrogens is 456 g/mol. The van der Waals surface area contributed by atoms with E-state index in [1.807, 2.05) is 12.1 Å². The second kappa shape index (κ2) is 10.1. The summed E-state index contributed by atoms with van der Waals surface area (Å²) in [5.41, 5.74) is 2.13. The van der Waals surface area contributed by atoms with Crippen LogP contribution >= 0.6 is 11.3 Å². The molecule has 0 aliphatic rings. The van der Waals surface area contributed by atoms with Gasteiger partial charge in [-0.05, 0) is 53.6 Å². The van der Waals surface area contributed by atoms with Gasteiger partial charge < -0.3 is 9.47 Å². The van der Waals surface area contributed by atoms with Crippen LogP contribution in [0.25, 0.3) is 16.3 Å². The predicted molar refractivity (Wildman–Crippen MR) is 130 cm³/mol. The van der Waals surface area contributed by atoms with Crippen molar-refractivity contribution in [3.05, 3.63) is 88.2 Å². The summed E-state index contributed by atoms with van der Waals surface area (Å²) in [6, 6.07) is 13.2. The number of fused-ring (bicyclic) bond motifs is 1. The van der Waals surface area contributed by atoms with Crippen LogP contribution in [0.3, 0.4) is 0 Å². The number of pyridine rings is 1. The van der Waals surface area contributed by atoms with Crippen LogP contribution in [-0.2, 0) is 11.3 Å². The smallest absolute Gasteiger partial charge is 0.269 e. The van der Waals surface area contributed by atoms with Crippen LogP contribution in [0.5, 0.6) is 11.5 Å². The number of non-ortho nitro benzene ring substituents is 1. The number of benzene rings is 2. The summed E-state index contributed by atoms with van der Waals surface area (Å²) >= 11 is 1.33. The molecule has 2 aromatic heterocycles. The van der Waals surface area contributed by atoms with E-state index in [2.05, 4.69) is 9.97 Å². The highest BCUT2D eigenvalue weighted by Crippen LogP contribution is 2.40. The minimum Gasteiger partial charge on any atom is -0.495 e. The molecule has 172 valence electrons. The molecule has 10 heteroatoms. The number of nitrogens with zero attached hydrogens (tertiary/aromatic N) is 4. The normalized spacial score (nSPS) is 11.0. The van der Waals surface area contributed by atoms with Crippen LogP contribution in [0, 0.1) is 10.1 Å². The molecule has 0 saturated carbocycles. The first kappa shape index (κ1) is 22.9. The van der Waals surface area contributed by atoms with E-state index in [0.717, 1.165) is 10.3 Å². The molecule has 0 atom stereocenters. The van der Waals surface area contributed by atoms with Gasteiger partial charge in [-0.3, -0.25) is 24.8 Å². The predicted octanol–water partition coefficient (Wildman–Crippen LogP) is 4.86. The van der Waals surface area contributed by atoms with Crippen molar-refractivity contribution >= 4 is 44.4 Å². The lowest BCUT2D eigenvalue weighted by Crippen LogP contribution is -2.28. The van der Waals surface area contributed by atoms with Crippen LogP contribution in [0.4, 0.5) is 10.8 Å². The Morgan fingerprint density at radius 1 is 1.06 bits per heavy atom. The van der Waals surface area contributed by atoms with Crippen molar-refractivity contribution in [2.75, 3.05) is 19.1 Å². The third-order valence-electron chi connectivity index (χ3n) is 5.01. The summed E-state index contributed by atoms with van der Waals surface area (Å²) in [5, 5.41) is 11.3. The minimum absolute atomic E-state index is 0.0137. The lowest BCUT2D eigenvalue weighted by atomic mass is 10.2. The third-order valence-corrected chi connectivity index (χ3v) is 6.10. The lowest BCUT2D eigenvalue weighted by molar-refractivity contribution is -0.384. The van der Waals surface area contributed by atoms with E-state index in [4.69, 9.17) is 9.47 Å². The molecule has 34 heavy (non-hydrogen) atoms. The number of anilines is 1. The molecule has 0 N–H and O–H groups in total. The first-order valence-electron chi connectivity index (χ1n) is 10.1. The van der Waals surface area contributed by atoms with Crippen molar-refractivity contribution in [3.63, 3.8) is 0 Å². The largest absolute Gasteiger partial charge is 0.495 e. The average Bonchev–Trinajstić information content (AvgIpc) is 3.31. The standard InChI is InChI=1S/C24H20N4O5S/c1-32-19-8-9-20(33-2)23-22(19)26-24(34-23)27(15-17-11-13-25-14-12-17)21(29)10-5-16-3-6-18(7-4-16)28(30)31/h3-14H,15H2,1-2H3/b10-5+. The maximum atomic E-state index is 13.3. The van der Waals surface area contributed by atoms with Gasteiger partial charge in [-0.15, -0.1) is 0 Å². The SMILES string of the molecule is COc1ccc(OC)c2sc(N(Cc3ccncc3)C(=O)/C=C/c3ccc([N+](=O)[O-])cc3)nc12. The Morgan fingerprint density at radius 2 is 1.74 bits per heavy atom. The molecule has 0 bridgehead atoms. The summed E-state index contributed by atoms with van der Waals surface area (Å²) in [7, 11) is 3.14. The quantitative estimate of drug-likeness (QED) is 0.203. The van der Waals surface area contributed by atoms with Crippen molar-refractivity contribution < 1.29 is 19.2 Å². The van der Waals surface area contributed by atoms with Crippen molar-refractivity contribution in [2.45, 2.75) is 6.54 Å². The summed E-state index contributed by atoms with van der Waals surface area (Å²) in [4.78, 5) is 34.0. The maximum absolute atomic E-state index is 13.3. The lowest BCUT2D eigenvalue weighted by Gasteiger charge is -2.18. The summed E-state index contributed by atoms with van der Waals surface area (Å²) in [5.74, 6) is 0.917. The molecule has 0 unspecified atom stereocenters. The van der Waals surface area contributed by atoms with Crippen molar-refractivity contribution in [1.29, 1.82) is 0 Å². The number of carbonyl (C=O) groups is 1. The van der Waals surface area contributed by atoms with E-state index in [1.165, 1.54) is 29.5 Å². The topological polar surface area (TPSA) is 108 Å². The number of thiazole rings is 1. The van der Waals surface area contributed by atoms with Crippen molar-refractivity contribution in [2.24, 2.45) is 0 Å². The second-order valence-corrected chi connectivity index (χ2v) is 8.08. The van der Waals surface area contributed by atoms with E-state index >= 15 is 0 Å². The second-order valence-electron chi connectivity index (χ2n) is 7.11. The van der Waals surface area contributed by atoms with Gasteiger partial charge in [0.15, 0.2) is 5.13 Å². The molecule has 9 nitrogen and oxygen atoms in total. The van der Waals surface area contributed by atoms with Crippen LogP contribution in [0.2, 0.25) is 0 Å². The Kier molecular flexibility index (Phi) is 6.79. The molecule has 0 aliphatic heterocycles. The number of amides is 1. The number of rotatable bonds is 8. The monoisotopic (exact) mass is 476 g/mol. The third kappa shape index (κ3) is 4.86. The molecule has 4 rings (SSSR count). The van der Waals surface area contributed by atoms with Gasteiger partial charge in [-0.1, -0.05) is 11.3 Å². The number of nitro groups is 1. The Morgan fingerprint density at radius 3 is 2.38 bits per heavy atom. The summed E-state index contributed by atoms with van der Waals surface area (Å²) < 4.78 is 11.7. The van der Waals surface area contributed by atoms with Gasteiger partial charge in [0, 0.05) is 30.6 Å². The molecule has 2 heterocycles. The maximum Gasteiger partial charge on any atom is 0.269 e. The molecule has 1 amide bonds. The average molecular weight is 477 g/mol. The first-order valence-corrected chi connectivity index (χ1v) is 11.0. The fraction of sp³-hybridized carbons (Fsp3) is 0.125. The Bertz CT molecular complexity index is 1310. The van der Waals surface area contributed by atoms with Gasteiger partial charge >= 0.3 is 0 Å². The highest BCUT2D eigenvalue weighted by atomic mass is 32.1. The zero-order valence-electron chi connectivity index (χ0n) is 18.4. The highest BCUT2D eigenvalue weighted by Gasteiger charge is 2.21. The van der Waals surface area contributed by atoms with Gasteiger partial charge in [0.05, 0.1) is 25.7 Å². The van der Waals surface area contributed by atoms with E-state index in [0.29, 0.717) is 27.7 Å². The van der Waals surface area contributed by atoms with E-state index < -0.39 is 4.92 Å². The van der Waals surface area contributed by atoms with Crippen molar-refractivity contribution in [3.8, 4) is 11.5 Å². The Balaban J connectivity index is 1.70. The van der Waals surface area contributed by atoms with Crippen LogP contribution in [0.1, 0.15) is 11.1 Å².